The van der Waals surface area contributed by atoms with E-state index in [-0.39, 0.29) is 34.5 Å². The van der Waals surface area contributed by atoms with Gasteiger partial charge in [0.05, 0.1) is 17.1 Å². The SMILES string of the molecule is CCOC(=O)c1ccc(S(=O)(=O)N2Cc3ccccc3C[C@H]2C(N)=O)c(Br)c1. The number of fused-ring (bicyclic) bond motifs is 1. The first kappa shape index (κ1) is 20.5. The molecule has 0 saturated carbocycles. The van der Waals surface area contributed by atoms with E-state index < -0.39 is 27.9 Å². The number of hydrogen-bond acceptors (Lipinski definition) is 5. The number of nitrogens with two attached hydrogens (primary N) is 1. The van der Waals surface area contributed by atoms with Gasteiger partial charge in [-0.05, 0) is 58.6 Å². The zero-order valence-electron chi connectivity index (χ0n) is 15.1. The van der Waals surface area contributed by atoms with Gasteiger partial charge in [0, 0.05) is 11.0 Å². The molecule has 1 aliphatic rings. The quantitative estimate of drug-likeness (QED) is 0.679. The van der Waals surface area contributed by atoms with Crippen molar-refractivity contribution in [2.45, 2.75) is 30.8 Å². The molecule has 7 nitrogen and oxygen atoms in total. The Morgan fingerprint density at radius 3 is 2.50 bits per heavy atom. The van der Waals surface area contributed by atoms with Gasteiger partial charge in [0.25, 0.3) is 0 Å². The van der Waals surface area contributed by atoms with Crippen LogP contribution in [0.2, 0.25) is 0 Å². The molecule has 28 heavy (non-hydrogen) atoms. The first-order chi connectivity index (χ1) is 13.3. The average Bonchev–Trinajstić information content (AvgIpc) is 2.66. The van der Waals surface area contributed by atoms with Crippen molar-refractivity contribution >= 4 is 37.8 Å². The molecule has 0 fully saturated rings. The highest BCUT2D eigenvalue weighted by Crippen LogP contribution is 2.32. The summed E-state index contributed by atoms with van der Waals surface area (Å²) in [5.41, 5.74) is 7.45. The first-order valence-corrected chi connectivity index (χ1v) is 10.8. The molecule has 1 aliphatic heterocycles. The molecule has 9 heteroatoms. The van der Waals surface area contributed by atoms with Crippen LogP contribution in [0.25, 0.3) is 0 Å². The lowest BCUT2D eigenvalue weighted by molar-refractivity contribution is -0.122. The van der Waals surface area contributed by atoms with Crippen LogP contribution in [-0.2, 0) is 32.5 Å². The molecule has 0 aliphatic carbocycles. The number of sulfonamides is 1. The van der Waals surface area contributed by atoms with Crippen LogP contribution in [0.15, 0.2) is 51.8 Å². The Balaban J connectivity index is 2.01. The summed E-state index contributed by atoms with van der Waals surface area (Å²) in [6, 6.07) is 10.5. The highest BCUT2D eigenvalue weighted by atomic mass is 79.9. The van der Waals surface area contributed by atoms with Crippen molar-refractivity contribution in [3.8, 4) is 0 Å². The number of halogens is 1. The third-order valence-electron chi connectivity index (χ3n) is 4.56. The van der Waals surface area contributed by atoms with E-state index in [0.717, 1.165) is 15.4 Å². The maximum Gasteiger partial charge on any atom is 0.338 e. The van der Waals surface area contributed by atoms with Crippen LogP contribution >= 0.6 is 15.9 Å². The molecule has 0 spiro atoms. The van der Waals surface area contributed by atoms with E-state index in [9.17, 15) is 18.0 Å². The van der Waals surface area contributed by atoms with Gasteiger partial charge >= 0.3 is 5.97 Å². The van der Waals surface area contributed by atoms with Crippen LogP contribution in [0, 0.1) is 0 Å². The number of esters is 1. The molecule has 1 heterocycles. The van der Waals surface area contributed by atoms with Crippen molar-refractivity contribution in [3.63, 3.8) is 0 Å². The lowest BCUT2D eigenvalue weighted by Gasteiger charge is -2.34. The average molecular weight is 467 g/mol. The smallest absolute Gasteiger partial charge is 0.338 e. The largest absolute Gasteiger partial charge is 0.462 e. The summed E-state index contributed by atoms with van der Waals surface area (Å²) in [5, 5.41) is 0. The van der Waals surface area contributed by atoms with Gasteiger partial charge in [-0.3, -0.25) is 4.79 Å². The Morgan fingerprint density at radius 1 is 1.21 bits per heavy atom. The lowest BCUT2D eigenvalue weighted by atomic mass is 9.96. The van der Waals surface area contributed by atoms with E-state index in [1.54, 1.807) is 6.92 Å². The van der Waals surface area contributed by atoms with Crippen molar-refractivity contribution in [2.24, 2.45) is 5.73 Å². The Kier molecular flexibility index (Phi) is 5.87. The zero-order valence-corrected chi connectivity index (χ0v) is 17.5. The van der Waals surface area contributed by atoms with E-state index in [4.69, 9.17) is 10.5 Å². The Labute approximate surface area is 171 Å². The standard InChI is InChI=1S/C19H19BrN2O5S/c1-2-27-19(24)13-7-8-17(15(20)9-13)28(25,26)22-11-14-6-4-3-5-12(14)10-16(22)18(21)23/h3-9,16H,2,10-11H2,1H3,(H2,21,23)/t16-/m0/s1. The van der Waals surface area contributed by atoms with Crippen LogP contribution in [0.3, 0.4) is 0 Å². The minimum Gasteiger partial charge on any atom is -0.462 e. The van der Waals surface area contributed by atoms with Gasteiger partial charge in [0.1, 0.15) is 6.04 Å². The third kappa shape index (κ3) is 3.82. The summed E-state index contributed by atoms with van der Waals surface area (Å²) in [6.45, 7) is 1.94. The molecule has 2 aromatic carbocycles. The highest BCUT2D eigenvalue weighted by Gasteiger charge is 2.39. The van der Waals surface area contributed by atoms with Crippen molar-refractivity contribution in [2.75, 3.05) is 6.61 Å². The normalized spacial score (nSPS) is 17.0. The summed E-state index contributed by atoms with van der Waals surface area (Å²) in [4.78, 5) is 23.8. The predicted octanol–water partition coefficient (Wildman–Crippen LogP) is 2.23. The fraction of sp³-hybridized carbons (Fsp3) is 0.263. The van der Waals surface area contributed by atoms with Crippen LogP contribution in [-0.4, -0.2) is 37.2 Å². The molecule has 0 bridgehead atoms. The van der Waals surface area contributed by atoms with Gasteiger partial charge in [0.15, 0.2) is 0 Å². The van der Waals surface area contributed by atoms with E-state index in [0.29, 0.717) is 0 Å². The van der Waals surface area contributed by atoms with Gasteiger partial charge in [-0.25, -0.2) is 13.2 Å². The van der Waals surface area contributed by atoms with E-state index >= 15 is 0 Å². The summed E-state index contributed by atoms with van der Waals surface area (Å²) < 4.78 is 32.9. The summed E-state index contributed by atoms with van der Waals surface area (Å²) in [5.74, 6) is -1.26. The number of carbonyl (C=O) groups is 2. The number of primary amides is 1. The first-order valence-electron chi connectivity index (χ1n) is 8.60. The summed E-state index contributed by atoms with van der Waals surface area (Å²) in [6.07, 6.45) is 0.212. The topological polar surface area (TPSA) is 107 Å². The molecule has 0 unspecified atom stereocenters. The molecule has 1 amide bonds. The number of amides is 1. The molecule has 2 N–H and O–H groups in total. The predicted molar refractivity (Wildman–Crippen MR) is 106 cm³/mol. The Hall–Kier alpha value is -2.23. The Morgan fingerprint density at radius 2 is 1.89 bits per heavy atom. The summed E-state index contributed by atoms with van der Waals surface area (Å²) in [7, 11) is -4.05. The van der Waals surface area contributed by atoms with Crippen LogP contribution in [0.1, 0.15) is 28.4 Å². The van der Waals surface area contributed by atoms with Gasteiger partial charge in [0.2, 0.25) is 15.9 Å². The van der Waals surface area contributed by atoms with E-state index in [1.165, 1.54) is 18.2 Å². The molecule has 0 saturated heterocycles. The van der Waals surface area contributed by atoms with Gasteiger partial charge in [-0.1, -0.05) is 24.3 Å². The molecular weight excluding hydrogens is 448 g/mol. The number of nitrogens with zero attached hydrogens (tertiary/aromatic N) is 1. The molecular formula is C19H19BrN2O5S. The molecule has 148 valence electrons. The van der Waals surface area contributed by atoms with Gasteiger partial charge in [-0.15, -0.1) is 0 Å². The monoisotopic (exact) mass is 466 g/mol. The van der Waals surface area contributed by atoms with Crippen LogP contribution in [0.5, 0.6) is 0 Å². The number of ether oxygens (including phenoxy) is 1. The lowest BCUT2D eigenvalue weighted by Crippen LogP contribution is -2.51. The molecule has 0 radical (unpaired) electrons. The van der Waals surface area contributed by atoms with E-state index in [1.807, 2.05) is 24.3 Å². The number of carbonyl (C=O) groups excluding carboxylic acids is 2. The molecule has 2 aromatic rings. The minimum atomic E-state index is -4.05. The second-order valence-electron chi connectivity index (χ2n) is 6.31. The second kappa shape index (κ2) is 8.02. The van der Waals surface area contributed by atoms with E-state index in [2.05, 4.69) is 15.9 Å². The van der Waals surface area contributed by atoms with Crippen molar-refractivity contribution in [1.29, 1.82) is 0 Å². The fourth-order valence-electron chi connectivity index (χ4n) is 3.17. The summed E-state index contributed by atoms with van der Waals surface area (Å²) >= 11 is 3.23. The molecule has 0 aromatic heterocycles. The van der Waals surface area contributed by atoms with Gasteiger partial charge < -0.3 is 10.5 Å². The van der Waals surface area contributed by atoms with Crippen molar-refractivity contribution in [3.05, 3.63) is 63.6 Å². The van der Waals surface area contributed by atoms with Crippen LogP contribution < -0.4 is 5.73 Å². The molecule has 1 atom stereocenters. The molecule has 3 rings (SSSR count). The minimum absolute atomic E-state index is 0.0399. The van der Waals surface area contributed by atoms with Gasteiger partial charge in [-0.2, -0.15) is 4.31 Å². The van der Waals surface area contributed by atoms with Crippen molar-refractivity contribution < 1.29 is 22.7 Å². The number of hydrogen-bond donors (Lipinski definition) is 1. The second-order valence-corrected chi connectivity index (χ2v) is 9.02. The maximum absolute atomic E-state index is 13.3. The number of rotatable bonds is 5. The zero-order chi connectivity index (χ0) is 20.5. The fourth-order valence-corrected chi connectivity index (χ4v) is 5.78. The third-order valence-corrected chi connectivity index (χ3v) is 7.39. The Bertz CT molecular complexity index is 1040. The van der Waals surface area contributed by atoms with Crippen molar-refractivity contribution in [1.82, 2.24) is 4.31 Å². The highest BCUT2D eigenvalue weighted by molar-refractivity contribution is 9.10. The van der Waals surface area contributed by atoms with Crippen LogP contribution in [0.4, 0.5) is 0 Å². The maximum atomic E-state index is 13.3. The number of benzene rings is 2.